The van der Waals surface area contributed by atoms with E-state index in [0.29, 0.717) is 6.10 Å². The predicted molar refractivity (Wildman–Crippen MR) is 117 cm³/mol. The van der Waals surface area contributed by atoms with Gasteiger partial charge in [-0.25, -0.2) is 0 Å². The van der Waals surface area contributed by atoms with Gasteiger partial charge in [-0.1, -0.05) is 25.3 Å². The summed E-state index contributed by atoms with van der Waals surface area (Å²) < 4.78 is 11.1. The topological polar surface area (TPSA) is 46.1 Å². The average Bonchev–Trinajstić information content (AvgIpc) is 3.29. The fraction of sp³-hybridized carbons (Fsp3) is 0.773. The maximum Gasteiger partial charge on any atom is 0.193 e. The molecule has 0 atom stereocenters. The Bertz CT molecular complexity index is 577. The zero-order valence-corrected chi connectivity index (χ0v) is 18.4. The van der Waals surface area contributed by atoms with Crippen molar-refractivity contribution in [2.24, 2.45) is 4.99 Å². The lowest BCUT2D eigenvalue weighted by Crippen LogP contribution is -2.50. The third kappa shape index (κ3) is 5.71. The summed E-state index contributed by atoms with van der Waals surface area (Å²) in [6, 6.07) is 4.52. The number of nitrogens with one attached hydrogen (secondary N) is 1. The van der Waals surface area contributed by atoms with Gasteiger partial charge in [-0.3, -0.25) is 4.99 Å². The van der Waals surface area contributed by atoms with E-state index in [-0.39, 0.29) is 5.41 Å². The Balaban J connectivity index is 1.49. The van der Waals surface area contributed by atoms with Crippen molar-refractivity contribution in [2.75, 3.05) is 47.0 Å². The molecule has 0 amide bonds. The van der Waals surface area contributed by atoms with Gasteiger partial charge in [-0.2, -0.15) is 0 Å². The number of nitrogens with zero attached hydrogens (tertiary/aromatic N) is 2. The first-order valence-electron chi connectivity index (χ1n) is 10.9. The number of aliphatic imine (C=N–C) groups is 1. The third-order valence-electron chi connectivity index (χ3n) is 6.24. The summed E-state index contributed by atoms with van der Waals surface area (Å²) in [4.78, 5) is 8.54. The van der Waals surface area contributed by atoms with Crippen LogP contribution in [0.15, 0.2) is 22.5 Å². The van der Waals surface area contributed by atoms with E-state index in [1.165, 1.54) is 32.1 Å². The number of methoxy groups -OCH3 is 1. The van der Waals surface area contributed by atoms with Crippen molar-refractivity contribution < 1.29 is 9.47 Å². The van der Waals surface area contributed by atoms with Gasteiger partial charge in [-0.05, 0) is 43.6 Å². The molecule has 1 aromatic rings. The second-order valence-corrected chi connectivity index (χ2v) is 9.07. The molecule has 3 rings (SSSR count). The number of piperidine rings is 1. The minimum atomic E-state index is 0.283. The molecule has 2 fully saturated rings. The van der Waals surface area contributed by atoms with Gasteiger partial charge in [0.15, 0.2) is 5.96 Å². The Labute approximate surface area is 174 Å². The lowest BCUT2D eigenvalue weighted by molar-refractivity contribution is 0.00985. The number of likely N-dealkylation sites (tertiary alicyclic amines) is 1. The van der Waals surface area contributed by atoms with Crippen LogP contribution in [0.3, 0.4) is 0 Å². The Morgan fingerprint density at radius 1 is 1.25 bits per heavy atom. The molecule has 158 valence electrons. The fourth-order valence-corrected chi connectivity index (χ4v) is 5.57. The van der Waals surface area contributed by atoms with Crippen LogP contribution in [-0.4, -0.2) is 64.0 Å². The summed E-state index contributed by atoms with van der Waals surface area (Å²) >= 11 is 1.92. The van der Waals surface area contributed by atoms with Gasteiger partial charge in [0.25, 0.3) is 0 Å². The Morgan fingerprint density at radius 3 is 2.68 bits per heavy atom. The molecule has 0 aromatic carbocycles. The van der Waals surface area contributed by atoms with Gasteiger partial charge in [0.2, 0.25) is 0 Å². The quantitative estimate of drug-likeness (QED) is 0.401. The molecule has 0 unspecified atom stereocenters. The average molecular weight is 408 g/mol. The molecule has 1 aliphatic heterocycles. The van der Waals surface area contributed by atoms with Crippen LogP contribution in [0.25, 0.3) is 0 Å². The number of thiophene rings is 1. The monoisotopic (exact) mass is 407 g/mol. The minimum Gasteiger partial charge on any atom is -0.385 e. The molecule has 0 radical (unpaired) electrons. The van der Waals surface area contributed by atoms with Crippen molar-refractivity contribution >= 4 is 17.3 Å². The Hall–Kier alpha value is -1.11. The van der Waals surface area contributed by atoms with Crippen molar-refractivity contribution in [1.29, 1.82) is 0 Å². The highest BCUT2D eigenvalue weighted by molar-refractivity contribution is 7.10. The van der Waals surface area contributed by atoms with E-state index in [9.17, 15) is 0 Å². The van der Waals surface area contributed by atoms with Gasteiger partial charge in [0.05, 0.1) is 6.10 Å². The third-order valence-corrected chi connectivity index (χ3v) is 7.36. The molecule has 1 saturated heterocycles. The van der Waals surface area contributed by atoms with Crippen LogP contribution in [0.5, 0.6) is 0 Å². The fourth-order valence-electron chi connectivity index (χ4n) is 4.59. The summed E-state index contributed by atoms with van der Waals surface area (Å²) in [5.41, 5.74) is 0.283. The van der Waals surface area contributed by atoms with Crippen LogP contribution in [0.4, 0.5) is 0 Å². The summed E-state index contributed by atoms with van der Waals surface area (Å²) in [6.07, 6.45) is 10.1. The number of hydrogen-bond donors (Lipinski definition) is 1. The van der Waals surface area contributed by atoms with Crippen LogP contribution in [0.1, 0.15) is 56.2 Å². The molecule has 5 nitrogen and oxygen atoms in total. The van der Waals surface area contributed by atoms with Crippen LogP contribution in [0.2, 0.25) is 0 Å². The van der Waals surface area contributed by atoms with E-state index in [2.05, 4.69) is 32.7 Å². The highest BCUT2D eigenvalue weighted by atomic mass is 32.1. The van der Waals surface area contributed by atoms with E-state index >= 15 is 0 Å². The SMILES string of the molecule is CN=C(NCC1(c2cccs2)CCCCC1)N1CCC(OCCCOC)CC1. The molecule has 1 N–H and O–H groups in total. The van der Waals surface area contributed by atoms with Crippen LogP contribution >= 0.6 is 11.3 Å². The molecule has 1 aliphatic carbocycles. The van der Waals surface area contributed by atoms with Crippen molar-refractivity contribution in [3.8, 4) is 0 Å². The second kappa shape index (κ2) is 11.2. The molecule has 6 heteroatoms. The molecule has 2 aliphatic rings. The molecule has 1 saturated carbocycles. The Kier molecular flexibility index (Phi) is 8.62. The summed E-state index contributed by atoms with van der Waals surface area (Å²) in [6.45, 7) is 4.60. The van der Waals surface area contributed by atoms with Crippen LogP contribution < -0.4 is 5.32 Å². The first-order valence-corrected chi connectivity index (χ1v) is 11.8. The lowest BCUT2D eigenvalue weighted by Gasteiger charge is -2.39. The predicted octanol–water partition coefficient (Wildman–Crippen LogP) is 4.04. The van der Waals surface area contributed by atoms with E-state index in [0.717, 1.165) is 58.1 Å². The maximum atomic E-state index is 6.00. The van der Waals surface area contributed by atoms with Crippen molar-refractivity contribution in [2.45, 2.75) is 62.9 Å². The highest BCUT2D eigenvalue weighted by Gasteiger charge is 2.35. The van der Waals surface area contributed by atoms with E-state index in [4.69, 9.17) is 9.47 Å². The van der Waals surface area contributed by atoms with Crippen LogP contribution in [0, 0.1) is 0 Å². The van der Waals surface area contributed by atoms with E-state index in [1.807, 2.05) is 18.4 Å². The van der Waals surface area contributed by atoms with Gasteiger partial charge in [0, 0.05) is 57.3 Å². The zero-order chi connectivity index (χ0) is 19.7. The molecule has 28 heavy (non-hydrogen) atoms. The van der Waals surface area contributed by atoms with Crippen molar-refractivity contribution in [3.05, 3.63) is 22.4 Å². The molecule has 0 bridgehead atoms. The maximum absolute atomic E-state index is 6.00. The standard InChI is InChI=1S/C22H37N3O2S/c1-23-21(25-13-9-19(10-14-25)27-16-7-15-26-2)24-18-22(11-4-3-5-12-22)20-8-6-17-28-20/h6,8,17,19H,3-5,7,9-16,18H2,1-2H3,(H,23,24). The van der Waals surface area contributed by atoms with Gasteiger partial charge in [0.1, 0.15) is 0 Å². The van der Waals surface area contributed by atoms with Gasteiger partial charge >= 0.3 is 0 Å². The molecule has 0 spiro atoms. The number of ether oxygens (including phenoxy) is 2. The summed E-state index contributed by atoms with van der Waals surface area (Å²) in [7, 11) is 3.65. The number of hydrogen-bond acceptors (Lipinski definition) is 4. The molecule has 2 heterocycles. The second-order valence-electron chi connectivity index (χ2n) is 8.12. The largest absolute Gasteiger partial charge is 0.385 e. The minimum absolute atomic E-state index is 0.283. The van der Waals surface area contributed by atoms with Crippen molar-refractivity contribution in [3.63, 3.8) is 0 Å². The Morgan fingerprint density at radius 2 is 2.04 bits per heavy atom. The molecule has 1 aromatic heterocycles. The van der Waals surface area contributed by atoms with E-state index in [1.54, 1.807) is 12.0 Å². The smallest absolute Gasteiger partial charge is 0.193 e. The first kappa shape index (κ1) is 21.6. The number of rotatable bonds is 8. The van der Waals surface area contributed by atoms with Gasteiger partial charge < -0.3 is 19.7 Å². The van der Waals surface area contributed by atoms with Crippen LogP contribution in [-0.2, 0) is 14.9 Å². The molecular weight excluding hydrogens is 370 g/mol. The highest BCUT2D eigenvalue weighted by Crippen LogP contribution is 2.41. The zero-order valence-electron chi connectivity index (χ0n) is 17.6. The van der Waals surface area contributed by atoms with Gasteiger partial charge in [-0.15, -0.1) is 11.3 Å². The first-order chi connectivity index (χ1) is 13.8. The summed E-state index contributed by atoms with van der Waals surface area (Å²) in [5, 5.41) is 5.96. The summed E-state index contributed by atoms with van der Waals surface area (Å²) in [5.74, 6) is 1.05. The van der Waals surface area contributed by atoms with Crippen molar-refractivity contribution in [1.82, 2.24) is 10.2 Å². The van der Waals surface area contributed by atoms with E-state index < -0.39 is 0 Å². The number of guanidine groups is 1. The normalized spacial score (nSPS) is 21.1. The molecular formula is C22H37N3O2S. The lowest BCUT2D eigenvalue weighted by atomic mass is 9.73.